The maximum Gasteiger partial charge on any atom is 0.305 e. The molecule has 300 valence electrons. The molecule has 0 amide bonds. The lowest BCUT2D eigenvalue weighted by Crippen LogP contribution is -2.25. The van der Waals surface area contributed by atoms with E-state index >= 15 is 0 Å². The standard InChI is InChI=1S/C44H82O7/c1-6-11-12-13-14-15-16-17-18-19-20-21-22-23-24-31-42(46)48-37-41(34-45)38-49-43(47)32-25-26-33-44(50-35-39(27-7-2)28-8-3)51-36-40(29-9-4)30-10-5/h14-15,17-18,39-41,44-45H,6-13,16,19-38H2,1-5H3. The highest BCUT2D eigenvalue weighted by molar-refractivity contribution is 5.69. The summed E-state index contributed by atoms with van der Waals surface area (Å²) >= 11 is 0. The normalized spacial score (nSPS) is 12.6. The molecule has 1 atom stereocenters. The first kappa shape index (κ1) is 49.3. The van der Waals surface area contributed by atoms with Gasteiger partial charge in [-0.25, -0.2) is 0 Å². The highest BCUT2D eigenvalue weighted by Gasteiger charge is 2.18. The van der Waals surface area contributed by atoms with Crippen LogP contribution in [0, 0.1) is 17.8 Å². The number of rotatable bonds is 38. The van der Waals surface area contributed by atoms with Crippen LogP contribution < -0.4 is 0 Å². The molecule has 0 radical (unpaired) electrons. The second-order valence-corrected chi connectivity index (χ2v) is 14.6. The van der Waals surface area contributed by atoms with Crippen molar-refractivity contribution in [1.29, 1.82) is 0 Å². The second-order valence-electron chi connectivity index (χ2n) is 14.6. The summed E-state index contributed by atoms with van der Waals surface area (Å²) in [5.41, 5.74) is 0. The van der Waals surface area contributed by atoms with Crippen molar-refractivity contribution >= 4 is 11.9 Å². The quantitative estimate of drug-likeness (QED) is 0.0293. The van der Waals surface area contributed by atoms with E-state index < -0.39 is 5.92 Å². The number of ether oxygens (including phenoxy) is 4. The third kappa shape index (κ3) is 32.7. The Morgan fingerprint density at radius 2 is 0.941 bits per heavy atom. The highest BCUT2D eigenvalue weighted by atomic mass is 16.7. The predicted molar refractivity (Wildman–Crippen MR) is 213 cm³/mol. The first-order valence-electron chi connectivity index (χ1n) is 21.4. The van der Waals surface area contributed by atoms with Crippen molar-refractivity contribution in [3.05, 3.63) is 24.3 Å². The molecule has 51 heavy (non-hydrogen) atoms. The van der Waals surface area contributed by atoms with Crippen LogP contribution in [-0.4, -0.2) is 56.4 Å². The van der Waals surface area contributed by atoms with Gasteiger partial charge in [-0.2, -0.15) is 0 Å². The summed E-state index contributed by atoms with van der Waals surface area (Å²) in [4.78, 5) is 24.7. The summed E-state index contributed by atoms with van der Waals surface area (Å²) in [6.45, 7) is 12.5. The van der Waals surface area contributed by atoms with Gasteiger partial charge in [-0.05, 0) is 95.3 Å². The number of aliphatic hydroxyl groups excluding tert-OH is 1. The van der Waals surface area contributed by atoms with Crippen LogP contribution in [0.3, 0.4) is 0 Å². The minimum Gasteiger partial charge on any atom is -0.465 e. The van der Waals surface area contributed by atoms with Gasteiger partial charge in [0.1, 0.15) is 0 Å². The lowest BCUT2D eigenvalue weighted by atomic mass is 9.99. The van der Waals surface area contributed by atoms with Crippen LogP contribution in [0.25, 0.3) is 0 Å². The van der Waals surface area contributed by atoms with Gasteiger partial charge in [0.15, 0.2) is 6.29 Å². The smallest absolute Gasteiger partial charge is 0.305 e. The molecule has 7 heteroatoms. The number of carbonyl (C=O) groups excluding carboxylic acids is 2. The Kier molecular flexibility index (Phi) is 36.8. The number of hydrogen-bond acceptors (Lipinski definition) is 7. The molecular weight excluding hydrogens is 640 g/mol. The first-order chi connectivity index (χ1) is 24.9. The molecule has 0 aliphatic carbocycles. The Hall–Kier alpha value is -1.70. The lowest BCUT2D eigenvalue weighted by Gasteiger charge is -2.25. The largest absolute Gasteiger partial charge is 0.465 e. The topological polar surface area (TPSA) is 91.3 Å². The summed E-state index contributed by atoms with van der Waals surface area (Å²) in [5.74, 6) is 0.169. The molecule has 1 N–H and O–H groups in total. The van der Waals surface area contributed by atoms with E-state index in [-0.39, 0.29) is 38.0 Å². The van der Waals surface area contributed by atoms with Gasteiger partial charge in [-0.1, -0.05) is 117 Å². The number of unbranched alkanes of at least 4 members (excludes halogenated alkanes) is 9. The van der Waals surface area contributed by atoms with E-state index in [2.05, 4.69) is 58.9 Å². The molecule has 0 saturated carbocycles. The van der Waals surface area contributed by atoms with Gasteiger partial charge in [-0.3, -0.25) is 9.59 Å². The predicted octanol–water partition coefficient (Wildman–Crippen LogP) is 11.8. The molecule has 0 spiro atoms. The van der Waals surface area contributed by atoms with Gasteiger partial charge in [0.25, 0.3) is 0 Å². The van der Waals surface area contributed by atoms with Crippen molar-refractivity contribution in [3.8, 4) is 0 Å². The molecule has 0 aromatic carbocycles. The Balaban J connectivity index is 4.22. The fourth-order valence-corrected chi connectivity index (χ4v) is 6.34. The number of carbonyl (C=O) groups is 2. The number of hydrogen-bond donors (Lipinski definition) is 1. The van der Waals surface area contributed by atoms with Crippen LogP contribution in [0.1, 0.15) is 189 Å². The van der Waals surface area contributed by atoms with Crippen LogP contribution >= 0.6 is 0 Å². The Morgan fingerprint density at radius 1 is 0.490 bits per heavy atom. The van der Waals surface area contributed by atoms with Crippen molar-refractivity contribution in [2.24, 2.45) is 17.8 Å². The molecule has 0 bridgehead atoms. The number of aliphatic hydroxyl groups is 1. The van der Waals surface area contributed by atoms with Crippen LogP contribution in [0.2, 0.25) is 0 Å². The van der Waals surface area contributed by atoms with Gasteiger partial charge in [-0.15, -0.1) is 0 Å². The average Bonchev–Trinajstić information content (AvgIpc) is 3.12. The van der Waals surface area contributed by atoms with Crippen LogP contribution in [0.5, 0.6) is 0 Å². The summed E-state index contributed by atoms with van der Waals surface area (Å²) < 4.78 is 23.5. The minimum atomic E-state index is -0.410. The summed E-state index contributed by atoms with van der Waals surface area (Å²) in [5, 5.41) is 9.74. The van der Waals surface area contributed by atoms with Gasteiger partial charge >= 0.3 is 11.9 Å². The van der Waals surface area contributed by atoms with E-state index in [1.165, 1.54) is 64.2 Å². The molecule has 0 fully saturated rings. The zero-order chi connectivity index (χ0) is 37.6. The van der Waals surface area contributed by atoms with Crippen molar-refractivity contribution < 1.29 is 33.6 Å². The Morgan fingerprint density at radius 3 is 1.41 bits per heavy atom. The van der Waals surface area contributed by atoms with Gasteiger partial charge in [0.05, 0.1) is 39.0 Å². The molecule has 0 aromatic heterocycles. The van der Waals surface area contributed by atoms with Crippen molar-refractivity contribution in [2.45, 2.75) is 195 Å². The van der Waals surface area contributed by atoms with Crippen molar-refractivity contribution in [2.75, 3.05) is 33.0 Å². The zero-order valence-corrected chi connectivity index (χ0v) is 34.0. The van der Waals surface area contributed by atoms with Crippen molar-refractivity contribution in [1.82, 2.24) is 0 Å². The summed E-state index contributed by atoms with van der Waals surface area (Å²) in [6.07, 6.45) is 33.6. The molecule has 7 nitrogen and oxygen atoms in total. The molecule has 0 heterocycles. The fraction of sp³-hybridized carbons (Fsp3) is 0.864. The van der Waals surface area contributed by atoms with Crippen LogP contribution in [0.15, 0.2) is 24.3 Å². The van der Waals surface area contributed by atoms with E-state index in [9.17, 15) is 14.7 Å². The molecule has 1 unspecified atom stereocenters. The third-order valence-electron chi connectivity index (χ3n) is 9.44. The van der Waals surface area contributed by atoms with E-state index in [0.717, 1.165) is 83.8 Å². The van der Waals surface area contributed by atoms with E-state index in [4.69, 9.17) is 18.9 Å². The highest BCUT2D eigenvalue weighted by Crippen LogP contribution is 2.20. The third-order valence-corrected chi connectivity index (χ3v) is 9.44. The zero-order valence-electron chi connectivity index (χ0n) is 34.0. The number of allylic oxidation sites excluding steroid dienone is 4. The maximum absolute atomic E-state index is 12.5. The van der Waals surface area contributed by atoms with Gasteiger partial charge in [0.2, 0.25) is 0 Å². The monoisotopic (exact) mass is 723 g/mol. The second kappa shape index (κ2) is 38.0. The summed E-state index contributed by atoms with van der Waals surface area (Å²) in [6, 6.07) is 0. The molecule has 0 aliphatic heterocycles. The molecule has 0 saturated heterocycles. The van der Waals surface area contributed by atoms with Crippen LogP contribution in [-0.2, 0) is 28.5 Å². The van der Waals surface area contributed by atoms with Crippen LogP contribution in [0.4, 0.5) is 0 Å². The Labute approximate surface area is 315 Å². The first-order valence-corrected chi connectivity index (χ1v) is 21.4. The van der Waals surface area contributed by atoms with E-state index in [1.54, 1.807) is 0 Å². The van der Waals surface area contributed by atoms with E-state index in [1.807, 2.05) is 0 Å². The maximum atomic E-state index is 12.5. The molecule has 0 aliphatic rings. The Bertz CT molecular complexity index is 794. The molecular formula is C44H82O7. The fourth-order valence-electron chi connectivity index (χ4n) is 6.34. The van der Waals surface area contributed by atoms with Gasteiger partial charge in [0, 0.05) is 12.8 Å². The van der Waals surface area contributed by atoms with Crippen molar-refractivity contribution in [3.63, 3.8) is 0 Å². The van der Waals surface area contributed by atoms with Gasteiger partial charge < -0.3 is 24.1 Å². The average molecular weight is 723 g/mol. The lowest BCUT2D eigenvalue weighted by molar-refractivity contribution is -0.163. The molecule has 0 aromatic rings. The number of esters is 2. The summed E-state index contributed by atoms with van der Waals surface area (Å²) in [7, 11) is 0. The minimum absolute atomic E-state index is 0.0493. The molecule has 0 rings (SSSR count). The van der Waals surface area contributed by atoms with E-state index in [0.29, 0.717) is 31.1 Å². The SMILES string of the molecule is CCCCCC=CCC=CCCCCCCCC(=O)OCC(CO)COC(=O)CCCCC(OCC(CCC)CCC)OCC(CCC)CCC.